The first-order valence-electron chi connectivity index (χ1n) is 14.5. The third-order valence-corrected chi connectivity index (χ3v) is 8.09. The number of hydrogen-bond acceptors (Lipinski definition) is 6. The van der Waals surface area contributed by atoms with Crippen molar-refractivity contribution in [2.75, 3.05) is 57.7 Å². The van der Waals surface area contributed by atoms with Gasteiger partial charge in [-0.15, -0.1) is 0 Å². The number of likely N-dealkylation sites (tertiary alicyclic amines) is 1. The van der Waals surface area contributed by atoms with Gasteiger partial charge in [-0.05, 0) is 100 Å². The first kappa shape index (κ1) is 29.3. The smallest absolute Gasteiger partial charge is 0.325 e. The van der Waals surface area contributed by atoms with Gasteiger partial charge in [-0.3, -0.25) is 9.36 Å². The lowest BCUT2D eigenvalue weighted by atomic mass is 9.89. The Balaban J connectivity index is 1.36. The lowest BCUT2D eigenvalue weighted by molar-refractivity contribution is 0.102. The van der Waals surface area contributed by atoms with E-state index >= 15 is 0 Å². The number of piperidine rings is 1. The van der Waals surface area contributed by atoms with Gasteiger partial charge < -0.3 is 25.2 Å². The van der Waals surface area contributed by atoms with Crippen molar-refractivity contribution >= 4 is 40.0 Å². The highest BCUT2D eigenvalue weighted by Gasteiger charge is 2.19. The van der Waals surface area contributed by atoms with E-state index in [1.54, 1.807) is 24.9 Å². The Morgan fingerprint density at radius 1 is 1.02 bits per heavy atom. The van der Waals surface area contributed by atoms with E-state index in [-0.39, 0.29) is 11.9 Å². The van der Waals surface area contributed by atoms with Gasteiger partial charge in [-0.2, -0.15) is 0 Å². The van der Waals surface area contributed by atoms with Crippen molar-refractivity contribution in [1.82, 2.24) is 19.8 Å². The summed E-state index contributed by atoms with van der Waals surface area (Å²) >= 11 is 0. The van der Waals surface area contributed by atoms with Crippen molar-refractivity contribution in [3.05, 3.63) is 83.7 Å². The summed E-state index contributed by atoms with van der Waals surface area (Å²) < 4.78 is 7.00. The Hall–Kier alpha value is -4.21. The number of methoxy groups -OCH3 is 1. The van der Waals surface area contributed by atoms with Gasteiger partial charge in [0.1, 0.15) is 5.82 Å². The van der Waals surface area contributed by atoms with E-state index in [4.69, 9.17) is 4.74 Å². The summed E-state index contributed by atoms with van der Waals surface area (Å²) in [5, 5.41) is 6.66. The molecule has 1 aliphatic rings. The second kappa shape index (κ2) is 13.2. The standard InChI is InChI=1S/C33H40N6O3/c1-23-20-27-21-28(10-11-30(27)39(23)33(41)34-2)38(16-5-19-42-4)29-12-15-35-31(22-29)36-32(40)26-8-6-24(7-9-26)25-13-17-37(3)18-14-25/h6-12,15,20-22,25H,5,13-14,16-19H2,1-4H3,(H,34,41)(H,35,36,40). The SMILES string of the molecule is CNC(=O)n1c(C)cc2cc(N(CCCOC)c3ccnc(NC(=O)c4ccc(C5CCN(C)CC5)cc4)c3)ccc21. The number of nitrogens with one attached hydrogen (secondary N) is 2. The number of carbonyl (C=O) groups is 2. The maximum absolute atomic E-state index is 13.1. The number of pyridine rings is 1. The number of anilines is 3. The zero-order valence-electron chi connectivity index (χ0n) is 24.9. The third kappa shape index (κ3) is 6.48. The molecule has 42 heavy (non-hydrogen) atoms. The zero-order valence-corrected chi connectivity index (χ0v) is 24.9. The summed E-state index contributed by atoms with van der Waals surface area (Å²) in [6.07, 6.45) is 4.81. The van der Waals surface area contributed by atoms with Crippen molar-refractivity contribution in [2.45, 2.75) is 32.1 Å². The highest BCUT2D eigenvalue weighted by Crippen LogP contribution is 2.32. The Morgan fingerprint density at radius 2 is 1.76 bits per heavy atom. The molecule has 2 N–H and O–H groups in total. The van der Waals surface area contributed by atoms with Crippen molar-refractivity contribution in [3.8, 4) is 0 Å². The van der Waals surface area contributed by atoms with Gasteiger partial charge in [0.25, 0.3) is 5.91 Å². The molecule has 220 valence electrons. The third-order valence-electron chi connectivity index (χ3n) is 8.09. The molecule has 1 fully saturated rings. The second-order valence-electron chi connectivity index (χ2n) is 11.0. The minimum absolute atomic E-state index is 0.168. The molecule has 2 amide bonds. The molecule has 3 heterocycles. The molecule has 0 spiro atoms. The largest absolute Gasteiger partial charge is 0.385 e. The molecule has 2 aromatic heterocycles. The Labute approximate surface area is 247 Å². The summed E-state index contributed by atoms with van der Waals surface area (Å²) in [7, 11) is 5.49. The van der Waals surface area contributed by atoms with Crippen LogP contribution in [-0.2, 0) is 4.74 Å². The fraction of sp³-hybridized carbons (Fsp3) is 0.364. The Bertz CT molecular complexity index is 1540. The van der Waals surface area contributed by atoms with Crippen molar-refractivity contribution in [1.29, 1.82) is 0 Å². The molecule has 9 nitrogen and oxygen atoms in total. The number of carbonyl (C=O) groups excluding carboxylic acids is 2. The van der Waals surface area contributed by atoms with Crippen molar-refractivity contribution < 1.29 is 14.3 Å². The highest BCUT2D eigenvalue weighted by atomic mass is 16.5. The maximum atomic E-state index is 13.1. The molecular formula is C33H40N6O3. The highest BCUT2D eigenvalue weighted by molar-refractivity contribution is 6.04. The van der Waals surface area contributed by atoms with Crippen LogP contribution in [0.1, 0.15) is 46.8 Å². The Kier molecular flexibility index (Phi) is 9.19. The predicted molar refractivity (Wildman–Crippen MR) is 168 cm³/mol. The molecule has 0 aliphatic carbocycles. The molecule has 0 bridgehead atoms. The number of aromatic nitrogens is 2. The monoisotopic (exact) mass is 568 g/mol. The van der Waals surface area contributed by atoms with E-state index < -0.39 is 0 Å². The minimum Gasteiger partial charge on any atom is -0.385 e. The average Bonchev–Trinajstić information content (AvgIpc) is 3.34. The molecule has 0 atom stereocenters. The minimum atomic E-state index is -0.187. The van der Waals surface area contributed by atoms with Gasteiger partial charge in [-0.25, -0.2) is 9.78 Å². The normalized spacial score (nSPS) is 14.2. The van der Waals surface area contributed by atoms with Crippen LogP contribution in [0.5, 0.6) is 0 Å². The zero-order chi connectivity index (χ0) is 29.6. The van der Waals surface area contributed by atoms with E-state index in [2.05, 4.69) is 50.7 Å². The van der Waals surface area contributed by atoms with Crippen molar-refractivity contribution in [3.63, 3.8) is 0 Å². The van der Waals surface area contributed by atoms with Crippen LogP contribution >= 0.6 is 0 Å². The van der Waals surface area contributed by atoms with Crippen LogP contribution in [-0.4, -0.2) is 73.8 Å². The summed E-state index contributed by atoms with van der Waals surface area (Å²) in [6, 6.07) is 19.7. The molecule has 4 aromatic rings. The van der Waals surface area contributed by atoms with Crippen LogP contribution in [0.15, 0.2) is 66.9 Å². The first-order chi connectivity index (χ1) is 20.4. The summed E-state index contributed by atoms with van der Waals surface area (Å²) in [6.45, 7) is 5.45. The summed E-state index contributed by atoms with van der Waals surface area (Å²) in [4.78, 5) is 34.6. The molecular weight excluding hydrogens is 528 g/mol. The number of benzene rings is 2. The maximum Gasteiger partial charge on any atom is 0.325 e. The van der Waals surface area contributed by atoms with E-state index in [0.29, 0.717) is 30.5 Å². The van der Waals surface area contributed by atoms with Gasteiger partial charge in [0.15, 0.2) is 0 Å². The molecule has 1 aliphatic heterocycles. The van der Waals surface area contributed by atoms with E-state index in [0.717, 1.165) is 60.3 Å². The van der Waals surface area contributed by atoms with E-state index in [1.165, 1.54) is 5.56 Å². The number of rotatable bonds is 9. The van der Waals surface area contributed by atoms with Gasteiger partial charge >= 0.3 is 6.03 Å². The lowest BCUT2D eigenvalue weighted by Crippen LogP contribution is -2.29. The molecule has 1 saturated heterocycles. The van der Waals surface area contributed by atoms with Gasteiger partial charge in [0, 0.05) is 67.6 Å². The van der Waals surface area contributed by atoms with Gasteiger partial charge in [-0.1, -0.05) is 12.1 Å². The number of amides is 2. The summed E-state index contributed by atoms with van der Waals surface area (Å²) in [5.41, 5.74) is 5.48. The predicted octanol–water partition coefficient (Wildman–Crippen LogP) is 5.77. The van der Waals surface area contributed by atoms with E-state index in [9.17, 15) is 9.59 Å². The van der Waals surface area contributed by atoms with Crippen LogP contribution in [0.4, 0.5) is 22.0 Å². The topological polar surface area (TPSA) is 91.7 Å². The van der Waals surface area contributed by atoms with Gasteiger partial charge in [0.2, 0.25) is 0 Å². The van der Waals surface area contributed by atoms with Crippen molar-refractivity contribution in [2.24, 2.45) is 0 Å². The van der Waals surface area contributed by atoms with Crippen LogP contribution in [0, 0.1) is 6.92 Å². The summed E-state index contributed by atoms with van der Waals surface area (Å²) in [5.74, 6) is 0.843. The molecule has 9 heteroatoms. The number of fused-ring (bicyclic) bond motifs is 1. The number of ether oxygens (including phenoxy) is 1. The van der Waals surface area contributed by atoms with Crippen LogP contribution < -0.4 is 15.5 Å². The van der Waals surface area contributed by atoms with Crippen LogP contribution in [0.25, 0.3) is 10.9 Å². The van der Waals surface area contributed by atoms with Gasteiger partial charge in [0.05, 0.1) is 5.52 Å². The molecule has 0 radical (unpaired) electrons. The number of aryl methyl sites for hydroxylation is 1. The second-order valence-corrected chi connectivity index (χ2v) is 11.0. The fourth-order valence-corrected chi connectivity index (χ4v) is 5.76. The Morgan fingerprint density at radius 3 is 2.48 bits per heavy atom. The number of hydrogen-bond donors (Lipinski definition) is 2. The molecule has 0 unspecified atom stereocenters. The average molecular weight is 569 g/mol. The fourth-order valence-electron chi connectivity index (χ4n) is 5.76. The molecule has 0 saturated carbocycles. The van der Waals surface area contributed by atoms with E-state index in [1.807, 2.05) is 49.4 Å². The lowest BCUT2D eigenvalue weighted by Gasteiger charge is -2.29. The molecule has 2 aromatic carbocycles. The number of nitrogens with zero attached hydrogens (tertiary/aromatic N) is 4. The quantitative estimate of drug-likeness (QED) is 0.249. The van der Waals surface area contributed by atoms with Crippen LogP contribution in [0.3, 0.4) is 0 Å². The first-order valence-corrected chi connectivity index (χ1v) is 14.5. The molecule has 5 rings (SSSR count). The van der Waals surface area contributed by atoms with Crippen LogP contribution in [0.2, 0.25) is 0 Å².